The molecule has 0 heterocycles. The number of hydrogen-bond acceptors (Lipinski definition) is 2. The number of carbonyl (C=O) groups is 1. The van der Waals surface area contributed by atoms with Crippen LogP contribution in [-0.2, 0) is 4.79 Å². The van der Waals surface area contributed by atoms with Gasteiger partial charge in [0.1, 0.15) is 5.78 Å². The molecule has 1 aromatic carbocycles. The third-order valence-corrected chi connectivity index (χ3v) is 2.55. The Bertz CT molecular complexity index is 401. The van der Waals surface area contributed by atoms with Gasteiger partial charge < -0.3 is 5.11 Å². The molecule has 0 aliphatic heterocycles. The van der Waals surface area contributed by atoms with Crippen LogP contribution in [0.4, 0.5) is 0 Å². The van der Waals surface area contributed by atoms with Crippen molar-refractivity contribution in [1.82, 2.24) is 0 Å². The Hall–Kier alpha value is -1.59. The minimum atomic E-state index is -0.824. The molecule has 2 nitrogen and oxygen atoms in total. The molecular weight excluding hydrogens is 188 g/mol. The SMILES string of the molecule is C#Cc1ccccc1[C@H](O)[C@H](C)C(C)=O. The molecule has 15 heavy (non-hydrogen) atoms. The summed E-state index contributed by atoms with van der Waals surface area (Å²) in [4.78, 5) is 11.1. The smallest absolute Gasteiger partial charge is 0.135 e. The van der Waals surface area contributed by atoms with Crippen LogP contribution in [0.25, 0.3) is 0 Å². The molecule has 0 unspecified atom stereocenters. The van der Waals surface area contributed by atoms with Crippen LogP contribution in [-0.4, -0.2) is 10.9 Å². The molecular formula is C13H14O2. The first-order valence-corrected chi connectivity index (χ1v) is 4.82. The molecule has 0 aliphatic rings. The Labute approximate surface area is 89.9 Å². The predicted octanol–water partition coefficient (Wildman–Crippen LogP) is 1.93. The van der Waals surface area contributed by atoms with E-state index in [2.05, 4.69) is 5.92 Å². The number of rotatable bonds is 3. The number of ketones is 1. The minimum absolute atomic E-state index is 0.0469. The minimum Gasteiger partial charge on any atom is -0.388 e. The van der Waals surface area contributed by atoms with Crippen molar-refractivity contribution < 1.29 is 9.90 Å². The summed E-state index contributed by atoms with van der Waals surface area (Å²) < 4.78 is 0. The summed E-state index contributed by atoms with van der Waals surface area (Å²) in [5.41, 5.74) is 1.28. The number of aliphatic hydroxyl groups is 1. The fraction of sp³-hybridized carbons (Fsp3) is 0.308. The summed E-state index contributed by atoms with van der Waals surface area (Å²) in [5.74, 6) is 2.02. The van der Waals surface area contributed by atoms with Gasteiger partial charge >= 0.3 is 0 Å². The van der Waals surface area contributed by atoms with Gasteiger partial charge in [-0.1, -0.05) is 31.0 Å². The first kappa shape index (κ1) is 11.5. The topological polar surface area (TPSA) is 37.3 Å². The van der Waals surface area contributed by atoms with E-state index in [-0.39, 0.29) is 5.78 Å². The Balaban J connectivity index is 3.06. The van der Waals surface area contributed by atoms with E-state index in [0.29, 0.717) is 11.1 Å². The number of Topliss-reactive ketones (excluding diaryl/α,β-unsaturated/α-hetero) is 1. The Morgan fingerprint density at radius 2 is 2.07 bits per heavy atom. The van der Waals surface area contributed by atoms with Gasteiger partial charge in [0.25, 0.3) is 0 Å². The molecule has 2 atom stereocenters. The Kier molecular flexibility index (Phi) is 3.65. The van der Waals surface area contributed by atoms with Crippen LogP contribution in [0.5, 0.6) is 0 Å². The fourth-order valence-corrected chi connectivity index (χ4v) is 1.38. The standard InChI is InChI=1S/C13H14O2/c1-4-11-7-5-6-8-12(11)13(15)9(2)10(3)14/h1,5-9,13,15H,2-3H3/t9-,13-/m1/s1. The quantitative estimate of drug-likeness (QED) is 0.760. The van der Waals surface area contributed by atoms with Crippen LogP contribution >= 0.6 is 0 Å². The molecule has 1 N–H and O–H groups in total. The zero-order chi connectivity index (χ0) is 11.4. The monoisotopic (exact) mass is 202 g/mol. The van der Waals surface area contributed by atoms with E-state index in [0.717, 1.165) is 0 Å². The van der Waals surface area contributed by atoms with Crippen molar-refractivity contribution in [2.45, 2.75) is 20.0 Å². The van der Waals surface area contributed by atoms with Crippen LogP contribution in [0.3, 0.4) is 0 Å². The highest BCUT2D eigenvalue weighted by molar-refractivity contribution is 5.78. The predicted molar refractivity (Wildman–Crippen MR) is 59.2 cm³/mol. The maximum Gasteiger partial charge on any atom is 0.135 e. The summed E-state index contributed by atoms with van der Waals surface area (Å²) >= 11 is 0. The average molecular weight is 202 g/mol. The molecule has 0 bridgehead atoms. The highest BCUT2D eigenvalue weighted by Crippen LogP contribution is 2.24. The molecule has 0 spiro atoms. The molecule has 0 radical (unpaired) electrons. The molecule has 0 saturated carbocycles. The van der Waals surface area contributed by atoms with Crippen molar-refractivity contribution in [3.63, 3.8) is 0 Å². The number of carbonyl (C=O) groups excluding carboxylic acids is 1. The van der Waals surface area contributed by atoms with Crippen LogP contribution in [0.1, 0.15) is 31.1 Å². The van der Waals surface area contributed by atoms with Crippen molar-refractivity contribution in [2.75, 3.05) is 0 Å². The highest BCUT2D eigenvalue weighted by Gasteiger charge is 2.21. The van der Waals surface area contributed by atoms with Gasteiger partial charge in [0.05, 0.1) is 6.10 Å². The van der Waals surface area contributed by atoms with Crippen LogP contribution in [0.2, 0.25) is 0 Å². The second-order valence-electron chi connectivity index (χ2n) is 3.58. The molecule has 0 saturated heterocycles. The summed E-state index contributed by atoms with van der Waals surface area (Å²) in [7, 11) is 0. The van der Waals surface area contributed by atoms with Gasteiger partial charge in [0.15, 0.2) is 0 Å². The van der Waals surface area contributed by atoms with E-state index in [1.165, 1.54) is 6.92 Å². The van der Waals surface area contributed by atoms with E-state index in [1.54, 1.807) is 25.1 Å². The normalized spacial score (nSPS) is 14.0. The van der Waals surface area contributed by atoms with Gasteiger partial charge in [-0.25, -0.2) is 0 Å². The lowest BCUT2D eigenvalue weighted by Crippen LogP contribution is -2.17. The first-order chi connectivity index (χ1) is 7.07. The molecule has 1 aromatic rings. The van der Waals surface area contributed by atoms with E-state index in [4.69, 9.17) is 6.42 Å². The summed E-state index contributed by atoms with van der Waals surface area (Å²) in [6.07, 6.45) is 4.49. The Morgan fingerprint density at radius 1 is 1.47 bits per heavy atom. The lowest BCUT2D eigenvalue weighted by molar-refractivity contribution is -0.123. The van der Waals surface area contributed by atoms with E-state index >= 15 is 0 Å². The van der Waals surface area contributed by atoms with Gasteiger partial charge in [-0.15, -0.1) is 6.42 Å². The highest BCUT2D eigenvalue weighted by atomic mass is 16.3. The van der Waals surface area contributed by atoms with Crippen molar-refractivity contribution in [3.05, 3.63) is 35.4 Å². The zero-order valence-electron chi connectivity index (χ0n) is 8.90. The first-order valence-electron chi connectivity index (χ1n) is 4.82. The maximum absolute atomic E-state index is 11.1. The number of aliphatic hydroxyl groups excluding tert-OH is 1. The van der Waals surface area contributed by atoms with E-state index in [1.807, 2.05) is 6.07 Å². The van der Waals surface area contributed by atoms with Gasteiger partial charge in [0.2, 0.25) is 0 Å². The lowest BCUT2D eigenvalue weighted by Gasteiger charge is -2.17. The van der Waals surface area contributed by atoms with Crippen LogP contribution in [0.15, 0.2) is 24.3 Å². The second-order valence-corrected chi connectivity index (χ2v) is 3.58. The van der Waals surface area contributed by atoms with Crippen molar-refractivity contribution >= 4 is 5.78 Å². The van der Waals surface area contributed by atoms with Crippen molar-refractivity contribution in [1.29, 1.82) is 0 Å². The number of benzene rings is 1. The van der Waals surface area contributed by atoms with Gasteiger partial charge in [-0.3, -0.25) is 4.79 Å². The average Bonchev–Trinajstić information content (AvgIpc) is 2.26. The molecule has 2 heteroatoms. The third-order valence-electron chi connectivity index (χ3n) is 2.55. The van der Waals surface area contributed by atoms with Crippen LogP contribution < -0.4 is 0 Å². The molecule has 0 fully saturated rings. The molecule has 0 aliphatic carbocycles. The second kappa shape index (κ2) is 4.77. The molecule has 1 rings (SSSR count). The van der Waals surface area contributed by atoms with Crippen molar-refractivity contribution in [3.8, 4) is 12.3 Å². The third kappa shape index (κ3) is 2.45. The molecule has 78 valence electrons. The fourth-order valence-electron chi connectivity index (χ4n) is 1.38. The summed E-state index contributed by atoms with van der Waals surface area (Å²) in [5, 5.41) is 9.96. The van der Waals surface area contributed by atoms with Gasteiger partial charge in [-0.05, 0) is 18.6 Å². The largest absolute Gasteiger partial charge is 0.388 e. The van der Waals surface area contributed by atoms with Gasteiger partial charge in [-0.2, -0.15) is 0 Å². The number of terminal acetylenes is 1. The molecule has 0 aromatic heterocycles. The van der Waals surface area contributed by atoms with E-state index in [9.17, 15) is 9.90 Å². The zero-order valence-corrected chi connectivity index (χ0v) is 8.90. The summed E-state index contributed by atoms with van der Waals surface area (Å²) in [6, 6.07) is 7.11. The van der Waals surface area contributed by atoms with Crippen LogP contribution in [0, 0.1) is 18.3 Å². The molecule has 0 amide bonds. The van der Waals surface area contributed by atoms with Gasteiger partial charge in [0, 0.05) is 11.5 Å². The Morgan fingerprint density at radius 3 is 2.60 bits per heavy atom. The maximum atomic E-state index is 11.1. The summed E-state index contributed by atoms with van der Waals surface area (Å²) in [6.45, 7) is 3.16. The lowest BCUT2D eigenvalue weighted by atomic mass is 9.91. The van der Waals surface area contributed by atoms with E-state index < -0.39 is 12.0 Å². The number of hydrogen-bond donors (Lipinski definition) is 1. The van der Waals surface area contributed by atoms with Crippen molar-refractivity contribution in [2.24, 2.45) is 5.92 Å².